The number of thiophene rings is 1. The average Bonchev–Trinajstić information content (AvgIpc) is 3.06. The SMILES string of the molecule is NC(=O)c1c(NC(=O)c2ccc(CN3CCCCC3)cc2)sc2cc(O)c(Br)cc12. The molecule has 3 aromatic rings. The lowest BCUT2D eigenvalue weighted by Crippen LogP contribution is -2.29. The molecule has 1 aliphatic rings. The van der Waals surface area contributed by atoms with Gasteiger partial charge in [0, 0.05) is 22.2 Å². The summed E-state index contributed by atoms with van der Waals surface area (Å²) < 4.78 is 1.12. The molecule has 2 aromatic carbocycles. The Labute approximate surface area is 186 Å². The lowest BCUT2D eigenvalue weighted by Gasteiger charge is -2.26. The number of nitrogens with zero attached hydrogens (tertiary/aromatic N) is 1. The van der Waals surface area contributed by atoms with Gasteiger partial charge in [-0.15, -0.1) is 11.3 Å². The van der Waals surface area contributed by atoms with Gasteiger partial charge in [0.2, 0.25) is 0 Å². The van der Waals surface area contributed by atoms with Gasteiger partial charge < -0.3 is 16.2 Å². The highest BCUT2D eigenvalue weighted by Crippen LogP contribution is 2.40. The maximum absolute atomic E-state index is 12.8. The van der Waals surface area contributed by atoms with Crippen molar-refractivity contribution in [1.82, 2.24) is 4.90 Å². The van der Waals surface area contributed by atoms with E-state index in [4.69, 9.17) is 5.73 Å². The van der Waals surface area contributed by atoms with E-state index in [0.717, 1.165) is 19.6 Å². The molecule has 0 bridgehead atoms. The molecule has 4 N–H and O–H groups in total. The number of carbonyl (C=O) groups is 2. The first kappa shape index (κ1) is 20.8. The number of likely N-dealkylation sites (tertiary alicyclic amines) is 1. The van der Waals surface area contributed by atoms with Crippen LogP contribution in [0.4, 0.5) is 5.00 Å². The molecule has 1 fully saturated rings. The van der Waals surface area contributed by atoms with Gasteiger partial charge >= 0.3 is 0 Å². The first-order valence-electron chi connectivity index (χ1n) is 9.80. The van der Waals surface area contributed by atoms with Gasteiger partial charge in [-0.05, 0) is 71.7 Å². The number of amides is 2. The second-order valence-corrected chi connectivity index (χ2v) is 9.36. The number of piperidine rings is 1. The summed E-state index contributed by atoms with van der Waals surface area (Å²) in [6, 6.07) is 10.7. The molecule has 1 aromatic heterocycles. The summed E-state index contributed by atoms with van der Waals surface area (Å²) >= 11 is 4.45. The number of phenolic OH excluding ortho intramolecular Hbond substituents is 1. The average molecular weight is 488 g/mol. The molecule has 0 saturated carbocycles. The summed E-state index contributed by atoms with van der Waals surface area (Å²) in [5.41, 5.74) is 7.49. The van der Waals surface area contributed by atoms with Gasteiger partial charge in [0.05, 0.1) is 10.0 Å². The quantitative estimate of drug-likeness (QED) is 0.485. The molecule has 0 atom stereocenters. The zero-order chi connectivity index (χ0) is 21.3. The van der Waals surface area contributed by atoms with E-state index in [1.54, 1.807) is 24.3 Å². The molecule has 156 valence electrons. The summed E-state index contributed by atoms with van der Waals surface area (Å²) in [6.07, 6.45) is 3.79. The molecule has 8 heteroatoms. The second kappa shape index (κ2) is 8.75. The minimum absolute atomic E-state index is 0.0574. The van der Waals surface area contributed by atoms with E-state index in [1.807, 2.05) is 12.1 Å². The maximum atomic E-state index is 12.8. The molecule has 30 heavy (non-hydrogen) atoms. The standard InChI is InChI=1S/C22H22BrN3O3S/c23-16-10-15-18(11-17(16)27)30-22(19(15)20(24)28)25-21(29)14-6-4-13(5-7-14)12-26-8-2-1-3-9-26/h4-7,10-11,27H,1-3,8-9,12H2,(H2,24,28)(H,25,29). The third-order valence-corrected chi connectivity index (χ3v) is 7.01. The minimum atomic E-state index is -0.633. The smallest absolute Gasteiger partial charge is 0.256 e. The zero-order valence-electron chi connectivity index (χ0n) is 16.3. The summed E-state index contributed by atoms with van der Waals surface area (Å²) in [5.74, 6) is -0.884. The number of phenols is 1. The molecule has 4 rings (SSSR count). The van der Waals surface area contributed by atoms with E-state index >= 15 is 0 Å². The fraction of sp³-hybridized carbons (Fsp3) is 0.273. The van der Waals surface area contributed by atoms with Crippen LogP contribution in [0.2, 0.25) is 0 Å². The molecule has 0 radical (unpaired) electrons. The molecule has 0 spiro atoms. The fourth-order valence-corrected chi connectivity index (χ4v) is 5.21. The van der Waals surface area contributed by atoms with E-state index in [2.05, 4.69) is 26.1 Å². The van der Waals surface area contributed by atoms with E-state index in [1.165, 1.54) is 36.2 Å². The second-order valence-electron chi connectivity index (χ2n) is 7.46. The van der Waals surface area contributed by atoms with E-state index in [-0.39, 0.29) is 17.2 Å². The number of rotatable bonds is 5. The Hall–Kier alpha value is -2.42. The van der Waals surface area contributed by atoms with Gasteiger partial charge in [0.1, 0.15) is 10.8 Å². The molecule has 6 nitrogen and oxygen atoms in total. The fourth-order valence-electron chi connectivity index (χ4n) is 3.75. The molecule has 1 saturated heterocycles. The van der Waals surface area contributed by atoms with Crippen LogP contribution in [0, 0.1) is 0 Å². The van der Waals surface area contributed by atoms with Gasteiger partial charge in [-0.3, -0.25) is 14.5 Å². The number of anilines is 1. The number of benzene rings is 2. The Morgan fingerprint density at radius 1 is 1.13 bits per heavy atom. The van der Waals surface area contributed by atoms with Crippen LogP contribution in [-0.4, -0.2) is 34.9 Å². The molecular formula is C22H22BrN3O3S. The third-order valence-electron chi connectivity index (χ3n) is 5.30. The Bertz CT molecular complexity index is 1110. The van der Waals surface area contributed by atoms with Crippen molar-refractivity contribution in [3.05, 3.63) is 57.6 Å². The van der Waals surface area contributed by atoms with E-state index < -0.39 is 5.91 Å². The van der Waals surface area contributed by atoms with Crippen molar-refractivity contribution in [2.24, 2.45) is 5.73 Å². The first-order valence-corrected chi connectivity index (χ1v) is 11.4. The monoisotopic (exact) mass is 487 g/mol. The summed E-state index contributed by atoms with van der Waals surface area (Å²) in [5, 5.41) is 13.7. The number of hydrogen-bond donors (Lipinski definition) is 3. The van der Waals surface area contributed by atoms with Crippen molar-refractivity contribution in [3.63, 3.8) is 0 Å². The van der Waals surface area contributed by atoms with Crippen LogP contribution < -0.4 is 11.1 Å². The number of fused-ring (bicyclic) bond motifs is 1. The molecule has 2 amide bonds. The summed E-state index contributed by atoms with van der Waals surface area (Å²) in [7, 11) is 0. The number of primary amides is 1. The Kier molecular flexibility index (Phi) is 6.08. The van der Waals surface area contributed by atoms with Gasteiger partial charge in [0.15, 0.2) is 0 Å². The molecule has 1 aliphatic heterocycles. The first-order chi connectivity index (χ1) is 14.4. The highest BCUT2D eigenvalue weighted by atomic mass is 79.9. The molecular weight excluding hydrogens is 466 g/mol. The lowest BCUT2D eigenvalue weighted by molar-refractivity contribution is 0.100. The van der Waals surface area contributed by atoms with Crippen molar-refractivity contribution < 1.29 is 14.7 Å². The van der Waals surface area contributed by atoms with Crippen molar-refractivity contribution in [1.29, 1.82) is 0 Å². The van der Waals surface area contributed by atoms with Crippen LogP contribution in [0.3, 0.4) is 0 Å². The summed E-state index contributed by atoms with van der Waals surface area (Å²) in [6.45, 7) is 3.13. The number of halogens is 1. The minimum Gasteiger partial charge on any atom is -0.507 e. The largest absolute Gasteiger partial charge is 0.507 e. The zero-order valence-corrected chi connectivity index (χ0v) is 18.7. The third kappa shape index (κ3) is 4.35. The number of carbonyl (C=O) groups excluding carboxylic acids is 2. The number of nitrogens with one attached hydrogen (secondary N) is 1. The van der Waals surface area contributed by atoms with Crippen molar-refractivity contribution in [2.45, 2.75) is 25.8 Å². The van der Waals surface area contributed by atoms with Gasteiger partial charge in [-0.2, -0.15) is 0 Å². The van der Waals surface area contributed by atoms with Crippen LogP contribution in [0.5, 0.6) is 5.75 Å². The van der Waals surface area contributed by atoms with Crippen LogP contribution in [0.15, 0.2) is 40.9 Å². The van der Waals surface area contributed by atoms with Crippen LogP contribution >= 0.6 is 27.3 Å². The normalized spacial score (nSPS) is 14.7. The van der Waals surface area contributed by atoms with Gasteiger partial charge in [-0.1, -0.05) is 18.6 Å². The number of nitrogens with two attached hydrogens (primary N) is 1. The van der Waals surface area contributed by atoms with Crippen molar-refractivity contribution in [3.8, 4) is 5.75 Å². The van der Waals surface area contributed by atoms with E-state index in [9.17, 15) is 14.7 Å². The Balaban J connectivity index is 1.54. The Morgan fingerprint density at radius 2 is 1.83 bits per heavy atom. The van der Waals surface area contributed by atoms with Gasteiger partial charge in [-0.25, -0.2) is 0 Å². The predicted octanol–water partition coefficient (Wildman–Crippen LogP) is 4.71. The topological polar surface area (TPSA) is 95.7 Å². The maximum Gasteiger partial charge on any atom is 0.256 e. The molecule has 2 heterocycles. The van der Waals surface area contributed by atoms with Crippen molar-refractivity contribution >= 4 is 54.2 Å². The lowest BCUT2D eigenvalue weighted by atomic mass is 10.1. The van der Waals surface area contributed by atoms with Crippen LogP contribution in [0.1, 0.15) is 45.5 Å². The van der Waals surface area contributed by atoms with Gasteiger partial charge in [0.25, 0.3) is 11.8 Å². The van der Waals surface area contributed by atoms with Crippen molar-refractivity contribution in [2.75, 3.05) is 18.4 Å². The highest BCUT2D eigenvalue weighted by Gasteiger charge is 2.20. The number of hydrogen-bond acceptors (Lipinski definition) is 5. The van der Waals surface area contributed by atoms with E-state index in [0.29, 0.717) is 25.1 Å². The predicted molar refractivity (Wildman–Crippen MR) is 123 cm³/mol. The van der Waals surface area contributed by atoms with Crippen LogP contribution in [-0.2, 0) is 6.54 Å². The Morgan fingerprint density at radius 3 is 2.50 bits per heavy atom. The molecule has 0 aliphatic carbocycles. The summed E-state index contributed by atoms with van der Waals surface area (Å²) in [4.78, 5) is 27.2. The highest BCUT2D eigenvalue weighted by molar-refractivity contribution is 9.10. The molecule has 0 unspecified atom stereocenters. The van der Waals surface area contributed by atoms with Crippen LogP contribution in [0.25, 0.3) is 10.1 Å². The number of aromatic hydroxyl groups is 1.